The van der Waals surface area contributed by atoms with Gasteiger partial charge in [-0.05, 0) is 42.3 Å². The molecule has 3 aromatic rings. The van der Waals surface area contributed by atoms with Crippen molar-refractivity contribution in [2.24, 2.45) is 0 Å². The van der Waals surface area contributed by atoms with Crippen LogP contribution in [0, 0.1) is 6.92 Å². The molecule has 0 aliphatic carbocycles. The Bertz CT molecular complexity index is 747. The Hall–Kier alpha value is -1.81. The summed E-state index contributed by atoms with van der Waals surface area (Å²) in [7, 11) is 1.68. The van der Waals surface area contributed by atoms with Crippen LogP contribution in [0.15, 0.2) is 47.1 Å². The van der Waals surface area contributed by atoms with Crippen molar-refractivity contribution in [2.75, 3.05) is 7.11 Å². The fourth-order valence-corrected chi connectivity index (χ4v) is 2.93. The first-order valence-electron chi connectivity index (χ1n) is 6.42. The zero-order valence-corrected chi connectivity index (χ0v) is 13.0. The number of halogens is 1. The summed E-state index contributed by atoms with van der Waals surface area (Å²) < 4.78 is 8.23. The van der Waals surface area contributed by atoms with Gasteiger partial charge in [0.25, 0.3) is 0 Å². The quantitative estimate of drug-likeness (QED) is 0.720. The molecule has 0 aliphatic rings. The van der Waals surface area contributed by atoms with Gasteiger partial charge in [-0.2, -0.15) is 5.10 Å². The number of fused-ring (bicyclic) bond motifs is 1. The van der Waals surface area contributed by atoms with E-state index in [0.29, 0.717) is 0 Å². The maximum Gasteiger partial charge on any atom is 0.118 e. The van der Waals surface area contributed by atoms with Crippen LogP contribution < -0.4 is 4.74 Å². The highest BCUT2D eigenvalue weighted by molar-refractivity contribution is 9.10. The molecule has 0 amide bonds. The van der Waals surface area contributed by atoms with Gasteiger partial charge in [0.2, 0.25) is 0 Å². The second kappa shape index (κ2) is 5.29. The Morgan fingerprint density at radius 3 is 2.65 bits per heavy atom. The van der Waals surface area contributed by atoms with Gasteiger partial charge in [0.15, 0.2) is 0 Å². The van der Waals surface area contributed by atoms with E-state index in [4.69, 9.17) is 4.74 Å². The summed E-state index contributed by atoms with van der Waals surface area (Å²) in [4.78, 5) is 0. The van der Waals surface area contributed by atoms with E-state index in [1.165, 1.54) is 11.1 Å². The lowest BCUT2D eigenvalue weighted by Crippen LogP contribution is -1.99. The third-order valence-electron chi connectivity index (χ3n) is 3.27. The smallest absolute Gasteiger partial charge is 0.118 e. The van der Waals surface area contributed by atoms with E-state index < -0.39 is 0 Å². The van der Waals surface area contributed by atoms with Crippen molar-refractivity contribution in [3.63, 3.8) is 0 Å². The third-order valence-corrected chi connectivity index (χ3v) is 3.93. The van der Waals surface area contributed by atoms with Crippen molar-refractivity contribution in [1.82, 2.24) is 9.78 Å². The molecule has 0 N–H and O–H groups in total. The highest BCUT2D eigenvalue weighted by atomic mass is 79.9. The van der Waals surface area contributed by atoms with Gasteiger partial charge in [-0.15, -0.1) is 0 Å². The predicted octanol–water partition coefficient (Wildman–Crippen LogP) is 4.16. The van der Waals surface area contributed by atoms with Crippen molar-refractivity contribution < 1.29 is 4.74 Å². The molecule has 1 aromatic heterocycles. The van der Waals surface area contributed by atoms with Gasteiger partial charge < -0.3 is 4.74 Å². The minimum absolute atomic E-state index is 0.754. The molecule has 0 aliphatic heterocycles. The van der Waals surface area contributed by atoms with E-state index in [1.807, 2.05) is 16.8 Å². The number of aryl methyl sites for hydroxylation is 1. The molecular formula is C16H15BrN2O. The molecule has 0 unspecified atom stereocenters. The number of hydrogen-bond donors (Lipinski definition) is 0. The van der Waals surface area contributed by atoms with E-state index in [0.717, 1.165) is 27.7 Å². The minimum atomic E-state index is 0.754. The number of benzene rings is 2. The van der Waals surface area contributed by atoms with Crippen LogP contribution in [0.2, 0.25) is 0 Å². The molecule has 0 radical (unpaired) electrons. The molecule has 102 valence electrons. The molecule has 0 saturated carbocycles. The Balaban J connectivity index is 1.92. The van der Waals surface area contributed by atoms with Crippen molar-refractivity contribution >= 4 is 26.8 Å². The second-order valence-corrected chi connectivity index (χ2v) is 5.71. The number of hydrogen-bond acceptors (Lipinski definition) is 2. The standard InChI is InChI=1S/C16H15BrN2O/c1-11-7-15(17)14-10-19(18-16(14)8-11)9-12-3-5-13(20-2)6-4-12/h3-8,10H,9H2,1-2H3. The fourth-order valence-electron chi connectivity index (χ4n) is 2.26. The monoisotopic (exact) mass is 330 g/mol. The van der Waals surface area contributed by atoms with Crippen LogP contribution in [0.5, 0.6) is 5.75 Å². The Labute approximate surface area is 126 Å². The minimum Gasteiger partial charge on any atom is -0.497 e. The second-order valence-electron chi connectivity index (χ2n) is 4.85. The lowest BCUT2D eigenvalue weighted by atomic mass is 10.2. The summed E-state index contributed by atoms with van der Waals surface area (Å²) in [6, 6.07) is 12.3. The first kappa shape index (κ1) is 13.2. The normalized spacial score (nSPS) is 10.9. The Morgan fingerprint density at radius 2 is 1.95 bits per heavy atom. The summed E-state index contributed by atoms with van der Waals surface area (Å²) in [5.74, 6) is 0.873. The molecule has 2 aromatic carbocycles. The lowest BCUT2D eigenvalue weighted by molar-refractivity contribution is 0.414. The van der Waals surface area contributed by atoms with Crippen molar-refractivity contribution in [3.8, 4) is 5.75 Å². The average molecular weight is 331 g/mol. The first-order chi connectivity index (χ1) is 9.65. The largest absolute Gasteiger partial charge is 0.497 e. The summed E-state index contributed by atoms with van der Waals surface area (Å²) in [6.07, 6.45) is 2.07. The Morgan fingerprint density at radius 1 is 1.20 bits per heavy atom. The summed E-state index contributed by atoms with van der Waals surface area (Å²) in [6.45, 7) is 2.83. The van der Waals surface area contributed by atoms with Crippen LogP contribution in [0.1, 0.15) is 11.1 Å². The van der Waals surface area contributed by atoms with Crippen molar-refractivity contribution in [1.29, 1.82) is 0 Å². The van der Waals surface area contributed by atoms with E-state index in [9.17, 15) is 0 Å². The van der Waals surface area contributed by atoms with Crippen LogP contribution in [-0.4, -0.2) is 16.9 Å². The van der Waals surface area contributed by atoms with Gasteiger partial charge in [0, 0.05) is 16.1 Å². The van der Waals surface area contributed by atoms with Crippen LogP contribution in [0.25, 0.3) is 10.9 Å². The molecule has 0 spiro atoms. The number of aromatic nitrogens is 2. The molecule has 3 nitrogen and oxygen atoms in total. The van der Waals surface area contributed by atoms with Crippen molar-refractivity contribution in [2.45, 2.75) is 13.5 Å². The zero-order valence-electron chi connectivity index (χ0n) is 11.4. The molecule has 0 saturated heterocycles. The molecule has 0 bridgehead atoms. The van der Waals surface area contributed by atoms with Crippen LogP contribution in [-0.2, 0) is 6.54 Å². The van der Waals surface area contributed by atoms with E-state index in [-0.39, 0.29) is 0 Å². The van der Waals surface area contributed by atoms with Gasteiger partial charge in [-0.3, -0.25) is 4.68 Å². The molecule has 1 heterocycles. The number of nitrogens with zero attached hydrogens (tertiary/aromatic N) is 2. The summed E-state index contributed by atoms with van der Waals surface area (Å²) in [5.41, 5.74) is 3.43. The maximum absolute atomic E-state index is 5.17. The van der Waals surface area contributed by atoms with E-state index in [2.05, 4.69) is 58.4 Å². The van der Waals surface area contributed by atoms with Gasteiger partial charge in [0.05, 0.1) is 19.2 Å². The molecular weight excluding hydrogens is 316 g/mol. The number of ether oxygens (including phenoxy) is 1. The molecule has 0 fully saturated rings. The van der Waals surface area contributed by atoms with Crippen LogP contribution in [0.3, 0.4) is 0 Å². The van der Waals surface area contributed by atoms with E-state index >= 15 is 0 Å². The topological polar surface area (TPSA) is 27.1 Å². The SMILES string of the molecule is COc1ccc(Cn2cc3c(Br)cc(C)cc3n2)cc1. The highest BCUT2D eigenvalue weighted by Gasteiger charge is 2.06. The molecule has 3 rings (SSSR count). The zero-order chi connectivity index (χ0) is 14.1. The summed E-state index contributed by atoms with van der Waals surface area (Å²) >= 11 is 3.60. The van der Waals surface area contributed by atoms with Crippen LogP contribution in [0.4, 0.5) is 0 Å². The van der Waals surface area contributed by atoms with Gasteiger partial charge in [-0.1, -0.05) is 28.1 Å². The van der Waals surface area contributed by atoms with Gasteiger partial charge >= 0.3 is 0 Å². The lowest BCUT2D eigenvalue weighted by Gasteiger charge is -2.03. The third kappa shape index (κ3) is 2.56. The number of methoxy groups -OCH3 is 1. The van der Waals surface area contributed by atoms with E-state index in [1.54, 1.807) is 7.11 Å². The molecule has 20 heavy (non-hydrogen) atoms. The predicted molar refractivity (Wildman–Crippen MR) is 84.3 cm³/mol. The van der Waals surface area contributed by atoms with Crippen LogP contribution >= 0.6 is 15.9 Å². The Kier molecular flexibility index (Phi) is 3.49. The highest BCUT2D eigenvalue weighted by Crippen LogP contribution is 2.25. The molecule has 0 atom stereocenters. The summed E-state index contributed by atoms with van der Waals surface area (Å²) in [5, 5.41) is 5.77. The number of rotatable bonds is 3. The first-order valence-corrected chi connectivity index (χ1v) is 7.21. The van der Waals surface area contributed by atoms with Gasteiger partial charge in [0.1, 0.15) is 5.75 Å². The fraction of sp³-hybridized carbons (Fsp3) is 0.188. The van der Waals surface area contributed by atoms with Crippen molar-refractivity contribution in [3.05, 3.63) is 58.2 Å². The average Bonchev–Trinajstić information content (AvgIpc) is 2.82. The molecule has 4 heteroatoms. The van der Waals surface area contributed by atoms with Gasteiger partial charge in [-0.25, -0.2) is 0 Å². The maximum atomic E-state index is 5.17.